The van der Waals surface area contributed by atoms with Crippen molar-refractivity contribution >= 4 is 12.1 Å². The maximum absolute atomic E-state index is 11.8. The van der Waals surface area contributed by atoms with Crippen LogP contribution in [0.2, 0.25) is 0 Å². The summed E-state index contributed by atoms with van der Waals surface area (Å²) in [5, 5.41) is 11.7. The monoisotopic (exact) mass is 279 g/mol. The molecular weight excluding hydrogens is 258 g/mol. The number of carboxylic acids is 1. The van der Waals surface area contributed by atoms with Gasteiger partial charge in [0.2, 0.25) is 0 Å². The normalized spacial score (nSPS) is 11.8. The van der Waals surface area contributed by atoms with Crippen molar-refractivity contribution in [3.05, 3.63) is 35.4 Å². The summed E-state index contributed by atoms with van der Waals surface area (Å²) in [7, 11) is 0. The molecule has 0 aromatic heterocycles. The van der Waals surface area contributed by atoms with Gasteiger partial charge in [0.05, 0.1) is 11.1 Å². The van der Waals surface area contributed by atoms with Crippen LogP contribution in [0.15, 0.2) is 24.3 Å². The van der Waals surface area contributed by atoms with Gasteiger partial charge in [0, 0.05) is 0 Å². The molecule has 110 valence electrons. The molecule has 1 amide bonds. The number of carbonyl (C=O) groups excluding carboxylic acids is 1. The molecule has 0 spiro atoms. The van der Waals surface area contributed by atoms with Crippen LogP contribution in [-0.2, 0) is 10.3 Å². The van der Waals surface area contributed by atoms with Gasteiger partial charge in [-0.05, 0) is 52.3 Å². The van der Waals surface area contributed by atoms with E-state index < -0.39 is 23.2 Å². The van der Waals surface area contributed by atoms with Crippen LogP contribution in [-0.4, -0.2) is 22.8 Å². The van der Waals surface area contributed by atoms with Gasteiger partial charge in [0.15, 0.2) is 0 Å². The van der Waals surface area contributed by atoms with Crippen LogP contribution in [0.25, 0.3) is 0 Å². The number of amides is 1. The summed E-state index contributed by atoms with van der Waals surface area (Å²) < 4.78 is 5.21. The van der Waals surface area contributed by atoms with E-state index >= 15 is 0 Å². The number of hydrogen-bond acceptors (Lipinski definition) is 3. The molecule has 0 atom stereocenters. The summed E-state index contributed by atoms with van der Waals surface area (Å²) >= 11 is 0. The summed E-state index contributed by atoms with van der Waals surface area (Å²) in [6, 6.07) is 6.47. The van der Waals surface area contributed by atoms with Crippen LogP contribution in [0, 0.1) is 0 Å². The fourth-order valence-corrected chi connectivity index (χ4v) is 1.67. The smallest absolute Gasteiger partial charge is 0.408 e. The highest BCUT2D eigenvalue weighted by atomic mass is 16.6. The Hall–Kier alpha value is -2.04. The van der Waals surface area contributed by atoms with Crippen LogP contribution >= 0.6 is 0 Å². The Morgan fingerprint density at radius 1 is 1.15 bits per heavy atom. The van der Waals surface area contributed by atoms with Gasteiger partial charge < -0.3 is 15.2 Å². The Morgan fingerprint density at radius 2 is 1.75 bits per heavy atom. The average Bonchev–Trinajstić information content (AvgIpc) is 2.25. The number of alkyl carbamates (subject to hydrolysis) is 1. The molecule has 5 heteroatoms. The molecule has 0 unspecified atom stereocenters. The highest BCUT2D eigenvalue weighted by molar-refractivity contribution is 5.87. The summed E-state index contributed by atoms with van der Waals surface area (Å²) in [6.45, 7) is 8.93. The van der Waals surface area contributed by atoms with E-state index in [2.05, 4.69) is 5.32 Å². The lowest BCUT2D eigenvalue weighted by molar-refractivity contribution is 0.0470. The SMILES string of the molecule is CC(C)(C)OC(=O)NC(C)(C)c1cccc(C(=O)O)c1. The summed E-state index contributed by atoms with van der Waals surface area (Å²) in [4.78, 5) is 22.8. The predicted molar refractivity (Wildman–Crippen MR) is 75.8 cm³/mol. The van der Waals surface area contributed by atoms with Crippen molar-refractivity contribution in [2.75, 3.05) is 0 Å². The quantitative estimate of drug-likeness (QED) is 0.891. The van der Waals surface area contributed by atoms with Crippen LogP contribution in [0.3, 0.4) is 0 Å². The first kappa shape index (κ1) is 16.0. The zero-order valence-corrected chi connectivity index (χ0v) is 12.5. The molecule has 1 aromatic carbocycles. The lowest BCUT2D eigenvalue weighted by atomic mass is 9.93. The van der Waals surface area contributed by atoms with E-state index in [9.17, 15) is 9.59 Å². The van der Waals surface area contributed by atoms with Gasteiger partial charge in [-0.1, -0.05) is 12.1 Å². The third-order valence-electron chi connectivity index (χ3n) is 2.64. The van der Waals surface area contributed by atoms with Crippen molar-refractivity contribution in [3.63, 3.8) is 0 Å². The Morgan fingerprint density at radius 3 is 2.25 bits per heavy atom. The van der Waals surface area contributed by atoms with E-state index in [4.69, 9.17) is 9.84 Å². The van der Waals surface area contributed by atoms with Crippen LogP contribution < -0.4 is 5.32 Å². The second-order valence-electron chi connectivity index (χ2n) is 6.14. The molecule has 0 aliphatic rings. The lowest BCUT2D eigenvalue weighted by Crippen LogP contribution is -2.43. The third-order valence-corrected chi connectivity index (χ3v) is 2.64. The molecule has 20 heavy (non-hydrogen) atoms. The van der Waals surface area contributed by atoms with Crippen molar-refractivity contribution in [1.29, 1.82) is 0 Å². The minimum atomic E-state index is -1.00. The number of hydrogen-bond donors (Lipinski definition) is 2. The molecule has 0 aliphatic carbocycles. The highest BCUT2D eigenvalue weighted by Crippen LogP contribution is 2.22. The van der Waals surface area contributed by atoms with Crippen LogP contribution in [0.4, 0.5) is 4.79 Å². The van der Waals surface area contributed by atoms with Gasteiger partial charge >= 0.3 is 12.1 Å². The zero-order valence-electron chi connectivity index (χ0n) is 12.5. The Kier molecular flexibility index (Phi) is 4.43. The summed E-state index contributed by atoms with van der Waals surface area (Å²) in [5.41, 5.74) is -0.429. The second-order valence-corrected chi connectivity index (χ2v) is 6.14. The van der Waals surface area contributed by atoms with Crippen LogP contribution in [0.1, 0.15) is 50.5 Å². The fraction of sp³-hybridized carbons (Fsp3) is 0.467. The first-order valence-corrected chi connectivity index (χ1v) is 6.36. The summed E-state index contributed by atoms with van der Waals surface area (Å²) in [6.07, 6.45) is -0.539. The molecule has 1 rings (SSSR count). The first-order chi connectivity index (χ1) is 9.01. The minimum absolute atomic E-state index is 0.182. The number of benzene rings is 1. The van der Waals surface area contributed by atoms with E-state index in [0.29, 0.717) is 5.56 Å². The molecule has 0 radical (unpaired) electrons. The third kappa shape index (κ3) is 4.57. The molecule has 5 nitrogen and oxygen atoms in total. The van der Waals surface area contributed by atoms with Gasteiger partial charge in [0.1, 0.15) is 5.60 Å². The molecule has 1 aromatic rings. The van der Waals surface area contributed by atoms with Crippen molar-refractivity contribution in [3.8, 4) is 0 Å². The maximum atomic E-state index is 11.8. The lowest BCUT2D eigenvalue weighted by Gasteiger charge is -2.29. The Labute approximate surface area is 118 Å². The van der Waals surface area contributed by atoms with Crippen molar-refractivity contribution < 1.29 is 19.4 Å². The molecule has 0 bridgehead atoms. The second kappa shape index (κ2) is 5.53. The number of aromatic carboxylic acids is 1. The number of carboxylic acid groups (broad SMARTS) is 1. The van der Waals surface area contributed by atoms with Gasteiger partial charge in [-0.2, -0.15) is 0 Å². The topological polar surface area (TPSA) is 75.6 Å². The Balaban J connectivity index is 2.90. The van der Waals surface area contributed by atoms with Crippen molar-refractivity contribution in [2.45, 2.75) is 45.8 Å². The molecule has 0 saturated heterocycles. The number of nitrogens with one attached hydrogen (secondary N) is 1. The molecule has 0 fully saturated rings. The maximum Gasteiger partial charge on any atom is 0.408 e. The number of rotatable bonds is 3. The van der Waals surface area contributed by atoms with Gasteiger partial charge in [0.25, 0.3) is 0 Å². The molecular formula is C15H21NO4. The van der Waals surface area contributed by atoms with E-state index in [0.717, 1.165) is 0 Å². The first-order valence-electron chi connectivity index (χ1n) is 6.36. The number of ether oxygens (including phenoxy) is 1. The molecule has 0 aliphatic heterocycles. The minimum Gasteiger partial charge on any atom is -0.478 e. The molecule has 2 N–H and O–H groups in total. The van der Waals surface area contributed by atoms with Gasteiger partial charge in [-0.25, -0.2) is 9.59 Å². The fourth-order valence-electron chi connectivity index (χ4n) is 1.67. The standard InChI is InChI=1S/C15H21NO4/c1-14(2,3)20-13(19)16-15(4,5)11-8-6-7-10(9-11)12(17)18/h6-9H,1-5H3,(H,16,19)(H,17,18). The largest absolute Gasteiger partial charge is 0.478 e. The van der Waals surface area contributed by atoms with Gasteiger partial charge in [-0.15, -0.1) is 0 Å². The van der Waals surface area contributed by atoms with Crippen LogP contribution in [0.5, 0.6) is 0 Å². The van der Waals surface area contributed by atoms with Crippen molar-refractivity contribution in [2.24, 2.45) is 0 Å². The Bertz CT molecular complexity index is 515. The summed E-state index contributed by atoms with van der Waals surface area (Å²) in [5.74, 6) is -1.00. The predicted octanol–water partition coefficient (Wildman–Crippen LogP) is 3.14. The highest BCUT2D eigenvalue weighted by Gasteiger charge is 2.26. The van der Waals surface area contributed by atoms with E-state index in [1.54, 1.807) is 52.8 Å². The van der Waals surface area contributed by atoms with E-state index in [-0.39, 0.29) is 5.56 Å². The average molecular weight is 279 g/mol. The number of carbonyl (C=O) groups is 2. The van der Waals surface area contributed by atoms with Crippen molar-refractivity contribution in [1.82, 2.24) is 5.32 Å². The molecule has 0 heterocycles. The van der Waals surface area contributed by atoms with E-state index in [1.165, 1.54) is 6.07 Å². The van der Waals surface area contributed by atoms with E-state index in [1.807, 2.05) is 0 Å². The molecule has 0 saturated carbocycles. The van der Waals surface area contributed by atoms with Gasteiger partial charge in [-0.3, -0.25) is 0 Å². The zero-order chi connectivity index (χ0) is 15.6.